The summed E-state index contributed by atoms with van der Waals surface area (Å²) in [6.45, 7) is 0.236. The molecule has 4 heteroatoms. The molecular formula is C12H16F2OS. The van der Waals surface area contributed by atoms with E-state index in [0.717, 1.165) is 37.5 Å². The van der Waals surface area contributed by atoms with Crippen molar-refractivity contribution < 1.29 is 13.9 Å². The van der Waals surface area contributed by atoms with Crippen LogP contribution in [0.2, 0.25) is 0 Å². The van der Waals surface area contributed by atoms with Crippen LogP contribution in [0.1, 0.15) is 25.7 Å². The van der Waals surface area contributed by atoms with E-state index in [0.29, 0.717) is 4.90 Å². The SMILES string of the molecule is OCCCCCCSc1ccc(F)cc1F. The van der Waals surface area contributed by atoms with E-state index < -0.39 is 11.6 Å². The van der Waals surface area contributed by atoms with Crippen LogP contribution in [-0.2, 0) is 0 Å². The van der Waals surface area contributed by atoms with Crippen LogP contribution in [0.15, 0.2) is 23.1 Å². The van der Waals surface area contributed by atoms with E-state index in [1.807, 2.05) is 0 Å². The first-order valence-electron chi connectivity index (χ1n) is 5.43. The number of hydrogen-bond acceptors (Lipinski definition) is 2. The summed E-state index contributed by atoms with van der Waals surface area (Å²) in [5, 5.41) is 8.57. The number of thioether (sulfide) groups is 1. The van der Waals surface area contributed by atoms with E-state index in [2.05, 4.69) is 0 Å². The van der Waals surface area contributed by atoms with Crippen molar-refractivity contribution in [1.82, 2.24) is 0 Å². The highest BCUT2D eigenvalue weighted by molar-refractivity contribution is 7.99. The third-order valence-corrected chi connectivity index (χ3v) is 3.34. The number of hydrogen-bond donors (Lipinski definition) is 1. The van der Waals surface area contributed by atoms with Gasteiger partial charge in [-0.3, -0.25) is 0 Å². The monoisotopic (exact) mass is 246 g/mol. The van der Waals surface area contributed by atoms with Gasteiger partial charge in [0.05, 0.1) is 0 Å². The Kier molecular flexibility index (Phi) is 6.42. The molecule has 0 aromatic heterocycles. The molecular weight excluding hydrogens is 230 g/mol. The number of halogens is 2. The third-order valence-electron chi connectivity index (χ3n) is 2.20. The quantitative estimate of drug-likeness (QED) is 0.586. The lowest BCUT2D eigenvalue weighted by Crippen LogP contribution is -1.87. The highest BCUT2D eigenvalue weighted by Gasteiger charge is 2.03. The zero-order chi connectivity index (χ0) is 11.8. The molecule has 1 rings (SSSR count). The second-order valence-electron chi connectivity index (χ2n) is 3.56. The van der Waals surface area contributed by atoms with Gasteiger partial charge in [-0.2, -0.15) is 0 Å². The van der Waals surface area contributed by atoms with Gasteiger partial charge < -0.3 is 5.11 Å². The summed E-state index contributed by atoms with van der Waals surface area (Å²) in [4.78, 5) is 0.503. The van der Waals surface area contributed by atoms with Gasteiger partial charge in [-0.15, -0.1) is 11.8 Å². The summed E-state index contributed by atoms with van der Waals surface area (Å²) < 4.78 is 25.8. The zero-order valence-electron chi connectivity index (χ0n) is 9.09. The molecule has 1 N–H and O–H groups in total. The molecule has 0 spiro atoms. The Morgan fingerprint density at radius 3 is 2.50 bits per heavy atom. The lowest BCUT2D eigenvalue weighted by molar-refractivity contribution is 0.283. The average molecular weight is 246 g/mol. The summed E-state index contributed by atoms with van der Waals surface area (Å²) in [5.41, 5.74) is 0. The van der Waals surface area contributed by atoms with Crippen LogP contribution < -0.4 is 0 Å². The molecule has 0 aliphatic carbocycles. The van der Waals surface area contributed by atoms with Crippen molar-refractivity contribution in [3.8, 4) is 0 Å². The Morgan fingerprint density at radius 1 is 1.06 bits per heavy atom. The molecule has 0 heterocycles. The van der Waals surface area contributed by atoms with E-state index in [1.165, 1.54) is 23.9 Å². The molecule has 0 fully saturated rings. The van der Waals surface area contributed by atoms with Crippen LogP contribution in [0.25, 0.3) is 0 Å². The Balaban J connectivity index is 2.21. The van der Waals surface area contributed by atoms with Gasteiger partial charge in [-0.05, 0) is 30.7 Å². The topological polar surface area (TPSA) is 20.2 Å². The molecule has 0 unspecified atom stereocenters. The third kappa shape index (κ3) is 4.94. The molecule has 0 aliphatic rings. The fraction of sp³-hybridized carbons (Fsp3) is 0.500. The van der Waals surface area contributed by atoms with Crippen LogP contribution in [0, 0.1) is 11.6 Å². The molecule has 1 aromatic carbocycles. The zero-order valence-corrected chi connectivity index (χ0v) is 9.90. The Bertz CT molecular complexity index is 318. The van der Waals surface area contributed by atoms with Gasteiger partial charge in [0.2, 0.25) is 0 Å². The van der Waals surface area contributed by atoms with Crippen molar-refractivity contribution in [2.45, 2.75) is 30.6 Å². The summed E-state index contributed by atoms with van der Waals surface area (Å²) >= 11 is 1.41. The number of rotatable bonds is 7. The maximum Gasteiger partial charge on any atom is 0.139 e. The van der Waals surface area contributed by atoms with E-state index in [-0.39, 0.29) is 6.61 Å². The van der Waals surface area contributed by atoms with Crippen molar-refractivity contribution in [1.29, 1.82) is 0 Å². The number of unbranched alkanes of at least 4 members (excludes halogenated alkanes) is 3. The normalized spacial score (nSPS) is 10.7. The highest BCUT2D eigenvalue weighted by Crippen LogP contribution is 2.23. The number of aliphatic hydroxyl groups is 1. The van der Waals surface area contributed by atoms with E-state index in [9.17, 15) is 8.78 Å². The second kappa shape index (κ2) is 7.63. The predicted molar refractivity (Wildman–Crippen MR) is 62.6 cm³/mol. The van der Waals surface area contributed by atoms with Crippen LogP contribution in [-0.4, -0.2) is 17.5 Å². The molecule has 0 atom stereocenters. The summed E-state index contributed by atoms with van der Waals surface area (Å²) in [6.07, 6.45) is 3.86. The first-order valence-corrected chi connectivity index (χ1v) is 6.41. The van der Waals surface area contributed by atoms with Crippen LogP contribution in [0.5, 0.6) is 0 Å². The van der Waals surface area contributed by atoms with Crippen LogP contribution >= 0.6 is 11.8 Å². The average Bonchev–Trinajstić information content (AvgIpc) is 2.26. The molecule has 0 aliphatic heterocycles. The minimum absolute atomic E-state index is 0.236. The molecule has 0 saturated carbocycles. The van der Waals surface area contributed by atoms with Crippen molar-refractivity contribution in [2.75, 3.05) is 12.4 Å². The van der Waals surface area contributed by atoms with Crippen molar-refractivity contribution in [3.63, 3.8) is 0 Å². The predicted octanol–water partition coefficient (Wildman–Crippen LogP) is 3.61. The summed E-state index contributed by atoms with van der Waals surface area (Å²) in [6, 6.07) is 3.66. The van der Waals surface area contributed by atoms with Gasteiger partial charge >= 0.3 is 0 Å². The van der Waals surface area contributed by atoms with Crippen LogP contribution in [0.4, 0.5) is 8.78 Å². The van der Waals surface area contributed by atoms with Crippen molar-refractivity contribution >= 4 is 11.8 Å². The van der Waals surface area contributed by atoms with Crippen LogP contribution in [0.3, 0.4) is 0 Å². The van der Waals surface area contributed by atoms with Gasteiger partial charge in [0.15, 0.2) is 0 Å². The van der Waals surface area contributed by atoms with Gasteiger partial charge in [0.25, 0.3) is 0 Å². The fourth-order valence-corrected chi connectivity index (χ4v) is 2.27. The first kappa shape index (κ1) is 13.5. The Labute approximate surface area is 98.9 Å². The minimum atomic E-state index is -0.537. The standard InChI is InChI=1S/C12H16F2OS/c13-10-5-6-12(11(14)9-10)16-8-4-2-1-3-7-15/h5-6,9,15H,1-4,7-8H2. The highest BCUT2D eigenvalue weighted by atomic mass is 32.2. The van der Waals surface area contributed by atoms with E-state index in [1.54, 1.807) is 0 Å². The number of benzene rings is 1. The van der Waals surface area contributed by atoms with Crippen molar-refractivity contribution in [3.05, 3.63) is 29.8 Å². The molecule has 16 heavy (non-hydrogen) atoms. The largest absolute Gasteiger partial charge is 0.396 e. The minimum Gasteiger partial charge on any atom is -0.396 e. The molecule has 1 nitrogen and oxygen atoms in total. The number of aliphatic hydroxyl groups excluding tert-OH is 1. The lowest BCUT2D eigenvalue weighted by Gasteiger charge is -2.03. The van der Waals surface area contributed by atoms with Gasteiger partial charge in [-0.25, -0.2) is 8.78 Å². The first-order chi connectivity index (χ1) is 7.74. The molecule has 0 saturated heterocycles. The maximum absolute atomic E-state index is 13.2. The summed E-state index contributed by atoms with van der Waals surface area (Å²) in [7, 11) is 0. The van der Waals surface area contributed by atoms with Crippen molar-refractivity contribution in [2.24, 2.45) is 0 Å². The van der Waals surface area contributed by atoms with Gasteiger partial charge in [0, 0.05) is 17.6 Å². The molecule has 0 bridgehead atoms. The Morgan fingerprint density at radius 2 is 1.81 bits per heavy atom. The van der Waals surface area contributed by atoms with E-state index >= 15 is 0 Å². The molecule has 0 radical (unpaired) electrons. The smallest absolute Gasteiger partial charge is 0.139 e. The summed E-state index contributed by atoms with van der Waals surface area (Å²) in [5.74, 6) is -0.196. The van der Waals surface area contributed by atoms with Gasteiger partial charge in [-0.1, -0.05) is 12.8 Å². The molecule has 0 amide bonds. The molecule has 90 valence electrons. The van der Waals surface area contributed by atoms with Gasteiger partial charge in [0.1, 0.15) is 11.6 Å². The molecule has 1 aromatic rings. The van der Waals surface area contributed by atoms with E-state index in [4.69, 9.17) is 5.11 Å². The fourth-order valence-electron chi connectivity index (χ4n) is 1.34. The lowest BCUT2D eigenvalue weighted by atomic mass is 10.2. The maximum atomic E-state index is 13.2. The Hall–Kier alpha value is -0.610. The second-order valence-corrected chi connectivity index (χ2v) is 4.70.